The highest BCUT2D eigenvalue weighted by atomic mass is 79.9. The Hall–Kier alpha value is -2.26. The van der Waals surface area contributed by atoms with E-state index < -0.39 is 33.2 Å². The zero-order chi connectivity index (χ0) is 19.8. The lowest BCUT2D eigenvalue weighted by Gasteiger charge is -2.48. The van der Waals surface area contributed by atoms with Gasteiger partial charge in [-0.05, 0) is 55.8 Å². The van der Waals surface area contributed by atoms with Gasteiger partial charge in [-0.25, -0.2) is 17.5 Å². The molecule has 6 nitrogen and oxygen atoms in total. The van der Waals surface area contributed by atoms with Crippen LogP contribution in [0.25, 0.3) is 0 Å². The molecule has 1 aliphatic rings. The minimum Gasteiger partial charge on any atom is -0.324 e. The number of nitrogens with zero attached hydrogens (tertiary/aromatic N) is 1. The van der Waals surface area contributed by atoms with Crippen LogP contribution in [0.15, 0.2) is 57.9 Å². The van der Waals surface area contributed by atoms with Crippen LogP contribution in [-0.4, -0.2) is 37.2 Å². The summed E-state index contributed by atoms with van der Waals surface area (Å²) in [6.07, 6.45) is 0.301. The topological polar surface area (TPSA) is 83.6 Å². The summed E-state index contributed by atoms with van der Waals surface area (Å²) in [7, 11) is -4.07. The largest absolute Gasteiger partial charge is 0.324 e. The third kappa shape index (κ3) is 3.74. The Morgan fingerprint density at radius 2 is 1.85 bits per heavy atom. The standard InChI is InChI=1S/C18H16BrFN2O4S/c1-18(9-10-22(18)16(23)12-3-2-4-14(20)11-12)17(24)21-27(25,26)15-7-5-13(19)6-8-15/h2-8,11H,9-10H2,1H3,(H,21,24). The van der Waals surface area contributed by atoms with Gasteiger partial charge in [-0.15, -0.1) is 0 Å². The molecule has 1 fully saturated rings. The van der Waals surface area contributed by atoms with E-state index in [0.29, 0.717) is 10.9 Å². The van der Waals surface area contributed by atoms with E-state index in [0.717, 1.165) is 6.07 Å². The summed E-state index contributed by atoms with van der Waals surface area (Å²) in [4.78, 5) is 26.4. The Morgan fingerprint density at radius 3 is 2.41 bits per heavy atom. The summed E-state index contributed by atoms with van der Waals surface area (Å²) < 4.78 is 41.0. The van der Waals surface area contributed by atoms with E-state index in [2.05, 4.69) is 15.9 Å². The molecule has 0 saturated carbocycles. The van der Waals surface area contributed by atoms with Crippen molar-refractivity contribution >= 4 is 37.8 Å². The maximum atomic E-state index is 13.4. The quantitative estimate of drug-likeness (QED) is 0.769. The predicted octanol–water partition coefficient (Wildman–Crippen LogP) is 2.70. The van der Waals surface area contributed by atoms with Crippen molar-refractivity contribution in [3.63, 3.8) is 0 Å². The molecule has 2 aromatic carbocycles. The lowest BCUT2D eigenvalue weighted by Crippen LogP contribution is -2.67. The van der Waals surface area contributed by atoms with E-state index in [1.165, 1.54) is 42.2 Å². The number of sulfonamides is 1. The second kappa shape index (κ2) is 7.05. The van der Waals surface area contributed by atoms with Gasteiger partial charge in [0.1, 0.15) is 11.4 Å². The van der Waals surface area contributed by atoms with Crippen molar-refractivity contribution < 1.29 is 22.4 Å². The van der Waals surface area contributed by atoms with Crippen molar-refractivity contribution in [3.05, 3.63) is 64.4 Å². The first-order valence-corrected chi connectivity index (χ1v) is 10.3. The molecular weight excluding hydrogens is 439 g/mol. The molecule has 0 aliphatic carbocycles. The lowest BCUT2D eigenvalue weighted by atomic mass is 9.85. The van der Waals surface area contributed by atoms with E-state index in [9.17, 15) is 22.4 Å². The van der Waals surface area contributed by atoms with E-state index >= 15 is 0 Å². The number of nitrogens with one attached hydrogen (secondary N) is 1. The molecule has 2 aromatic rings. The first kappa shape index (κ1) is 19.5. The van der Waals surface area contributed by atoms with Gasteiger partial charge in [0.05, 0.1) is 4.90 Å². The first-order valence-electron chi connectivity index (χ1n) is 8.04. The van der Waals surface area contributed by atoms with Crippen molar-refractivity contribution in [2.75, 3.05) is 6.54 Å². The molecule has 1 heterocycles. The van der Waals surface area contributed by atoms with Crippen molar-refractivity contribution in [1.82, 2.24) is 9.62 Å². The Kier molecular flexibility index (Phi) is 5.09. The van der Waals surface area contributed by atoms with Gasteiger partial charge in [0.2, 0.25) is 0 Å². The lowest BCUT2D eigenvalue weighted by molar-refractivity contribution is -0.135. The maximum absolute atomic E-state index is 13.4. The average molecular weight is 455 g/mol. The molecule has 1 atom stereocenters. The number of hydrogen-bond donors (Lipinski definition) is 1. The molecule has 0 spiro atoms. The van der Waals surface area contributed by atoms with Crippen LogP contribution < -0.4 is 4.72 Å². The molecular formula is C18H16BrFN2O4S. The van der Waals surface area contributed by atoms with Gasteiger partial charge in [-0.1, -0.05) is 22.0 Å². The van der Waals surface area contributed by atoms with Crippen LogP contribution in [0.4, 0.5) is 4.39 Å². The van der Waals surface area contributed by atoms with Gasteiger partial charge < -0.3 is 4.90 Å². The zero-order valence-electron chi connectivity index (χ0n) is 14.3. The molecule has 142 valence electrons. The SMILES string of the molecule is CC1(C(=O)NS(=O)(=O)c2ccc(Br)cc2)CCN1C(=O)c1cccc(F)c1. The molecule has 1 aliphatic heterocycles. The number of hydrogen-bond acceptors (Lipinski definition) is 4. The molecule has 3 rings (SSSR count). The van der Waals surface area contributed by atoms with Crippen LogP contribution in [0.1, 0.15) is 23.7 Å². The van der Waals surface area contributed by atoms with Crippen LogP contribution in [0.5, 0.6) is 0 Å². The highest BCUT2D eigenvalue weighted by Gasteiger charge is 2.50. The summed E-state index contributed by atoms with van der Waals surface area (Å²) in [6, 6.07) is 10.9. The third-order valence-corrected chi connectivity index (χ3v) is 6.45. The van der Waals surface area contributed by atoms with Crippen LogP contribution in [-0.2, 0) is 14.8 Å². The number of carbonyl (C=O) groups excluding carboxylic acids is 2. The van der Waals surface area contributed by atoms with Gasteiger partial charge in [0.25, 0.3) is 21.8 Å². The Balaban J connectivity index is 1.79. The fraction of sp³-hybridized carbons (Fsp3) is 0.222. The fourth-order valence-corrected chi connectivity index (χ4v) is 4.14. The third-order valence-electron chi connectivity index (χ3n) is 4.57. The summed E-state index contributed by atoms with van der Waals surface area (Å²) in [5.74, 6) is -1.90. The van der Waals surface area contributed by atoms with Crippen LogP contribution in [0.2, 0.25) is 0 Å². The van der Waals surface area contributed by atoms with E-state index in [4.69, 9.17) is 0 Å². The second-order valence-electron chi connectivity index (χ2n) is 6.38. The molecule has 1 unspecified atom stereocenters. The molecule has 1 saturated heterocycles. The summed E-state index contributed by atoms with van der Waals surface area (Å²) in [5.41, 5.74) is -1.23. The maximum Gasteiger partial charge on any atom is 0.264 e. The second-order valence-corrected chi connectivity index (χ2v) is 8.98. The molecule has 0 aromatic heterocycles. The van der Waals surface area contributed by atoms with E-state index in [-0.39, 0.29) is 17.0 Å². The normalized spacial score (nSPS) is 19.3. The number of carbonyl (C=O) groups is 2. The van der Waals surface area contributed by atoms with Crippen molar-refractivity contribution in [1.29, 1.82) is 0 Å². The zero-order valence-corrected chi connectivity index (χ0v) is 16.7. The number of benzene rings is 2. The van der Waals surface area contributed by atoms with Crippen LogP contribution >= 0.6 is 15.9 Å². The van der Waals surface area contributed by atoms with Crippen molar-refractivity contribution in [3.8, 4) is 0 Å². The number of likely N-dealkylation sites (tertiary alicyclic amines) is 1. The fourth-order valence-electron chi connectivity index (χ4n) is 2.80. The molecule has 1 N–H and O–H groups in total. The summed E-state index contributed by atoms with van der Waals surface area (Å²) >= 11 is 3.21. The summed E-state index contributed by atoms with van der Waals surface area (Å²) in [6.45, 7) is 1.76. The molecule has 27 heavy (non-hydrogen) atoms. The molecule has 0 radical (unpaired) electrons. The number of halogens is 2. The minimum atomic E-state index is -4.07. The van der Waals surface area contributed by atoms with Crippen molar-refractivity contribution in [2.45, 2.75) is 23.8 Å². The van der Waals surface area contributed by atoms with E-state index in [1.807, 2.05) is 4.72 Å². The minimum absolute atomic E-state index is 0.0648. The molecule has 0 bridgehead atoms. The van der Waals surface area contributed by atoms with Gasteiger partial charge in [0.15, 0.2) is 0 Å². The summed E-state index contributed by atoms with van der Waals surface area (Å²) in [5, 5.41) is 0. The first-order chi connectivity index (χ1) is 12.6. The van der Waals surface area contributed by atoms with Gasteiger partial charge in [0, 0.05) is 16.6 Å². The van der Waals surface area contributed by atoms with Crippen LogP contribution in [0, 0.1) is 5.82 Å². The van der Waals surface area contributed by atoms with Gasteiger partial charge in [-0.2, -0.15) is 0 Å². The van der Waals surface area contributed by atoms with Gasteiger partial charge >= 0.3 is 0 Å². The Morgan fingerprint density at radius 1 is 1.19 bits per heavy atom. The van der Waals surface area contributed by atoms with Crippen LogP contribution in [0.3, 0.4) is 0 Å². The Labute approximate surface area is 164 Å². The predicted molar refractivity (Wildman–Crippen MR) is 99.9 cm³/mol. The van der Waals surface area contributed by atoms with Gasteiger partial charge in [-0.3, -0.25) is 9.59 Å². The molecule has 9 heteroatoms. The monoisotopic (exact) mass is 454 g/mol. The Bertz CT molecular complexity index is 1010. The molecule has 2 amide bonds. The number of amides is 2. The highest BCUT2D eigenvalue weighted by Crippen LogP contribution is 2.32. The van der Waals surface area contributed by atoms with Crippen molar-refractivity contribution in [2.24, 2.45) is 0 Å². The van der Waals surface area contributed by atoms with E-state index in [1.54, 1.807) is 12.1 Å². The smallest absolute Gasteiger partial charge is 0.264 e. The number of rotatable bonds is 4. The highest BCUT2D eigenvalue weighted by molar-refractivity contribution is 9.10. The average Bonchev–Trinajstić information content (AvgIpc) is 2.60.